The number of nitrogens with zero attached hydrogens (tertiary/aromatic N) is 2. The van der Waals surface area contributed by atoms with Crippen molar-refractivity contribution in [2.45, 2.75) is 0 Å². The molecule has 0 aliphatic rings. The van der Waals surface area contributed by atoms with Gasteiger partial charge in [-0.3, -0.25) is 0 Å². The quantitative estimate of drug-likeness (QED) is 0.561. The number of rotatable bonds is 1. The number of hydrogen-bond donors (Lipinski definition) is 0. The van der Waals surface area contributed by atoms with Crippen molar-refractivity contribution in [1.82, 2.24) is 4.98 Å². The largest absolute Gasteiger partial charge is 0.236 e. The molecule has 1 heterocycles. The Morgan fingerprint density at radius 1 is 1.27 bits per heavy atom. The summed E-state index contributed by atoms with van der Waals surface area (Å²) in [5.74, 6) is 0.496. The third-order valence-electron chi connectivity index (χ3n) is 1.90. The second kappa shape index (κ2) is 4.25. The maximum atomic E-state index is 6.00. The van der Waals surface area contributed by atoms with E-state index in [-0.39, 0.29) is 0 Å². The zero-order chi connectivity index (χ0) is 10.8. The summed E-state index contributed by atoms with van der Waals surface area (Å²) < 4.78 is 0. The summed E-state index contributed by atoms with van der Waals surface area (Å²) in [7, 11) is 0. The minimum atomic E-state index is 0.496. The van der Waals surface area contributed by atoms with Crippen LogP contribution in [0, 0.1) is 0 Å². The Hall–Kier alpha value is -0.990. The second-order valence-corrected chi connectivity index (χ2v) is 3.88. The van der Waals surface area contributed by atoms with Crippen molar-refractivity contribution in [2.24, 2.45) is 4.99 Å². The molecule has 0 N–H and O–H groups in total. The maximum absolute atomic E-state index is 6.00. The summed E-state index contributed by atoms with van der Waals surface area (Å²) in [5.41, 5.74) is 0. The van der Waals surface area contributed by atoms with Gasteiger partial charge in [-0.15, -0.1) is 0 Å². The summed E-state index contributed by atoms with van der Waals surface area (Å²) in [5, 5.41) is 5.13. The molecule has 0 aliphatic carbocycles. The Kier molecular flexibility index (Phi) is 2.98. The zero-order valence-corrected chi connectivity index (χ0v) is 9.70. The maximum Gasteiger partial charge on any atom is 0.163 e. The molecule has 0 unspecified atom stereocenters. The van der Waals surface area contributed by atoms with Crippen LogP contribution in [0.5, 0.6) is 0 Å². The summed E-state index contributed by atoms with van der Waals surface area (Å²) in [4.78, 5) is 7.85. The van der Waals surface area contributed by atoms with Gasteiger partial charge < -0.3 is 0 Å². The molecule has 15 heavy (non-hydrogen) atoms. The number of aromatic nitrogens is 1. The van der Waals surface area contributed by atoms with Crippen LogP contribution in [-0.2, 0) is 0 Å². The third kappa shape index (κ3) is 2.16. The second-order valence-electron chi connectivity index (χ2n) is 2.85. The fourth-order valence-corrected chi connectivity index (χ4v) is 1.93. The van der Waals surface area contributed by atoms with E-state index in [4.69, 9.17) is 23.2 Å². The third-order valence-corrected chi connectivity index (χ3v) is 2.52. The van der Waals surface area contributed by atoms with E-state index in [2.05, 4.69) is 27.4 Å². The van der Waals surface area contributed by atoms with Crippen LogP contribution in [0.1, 0.15) is 0 Å². The van der Waals surface area contributed by atoms with Crippen LogP contribution in [0.4, 0.5) is 5.82 Å². The molecular formula is C10H4Cl2N2S. The molecule has 1 aromatic heterocycles. The number of halogens is 2. The number of hydrogen-bond acceptors (Lipinski definition) is 3. The van der Waals surface area contributed by atoms with E-state index in [1.807, 2.05) is 0 Å². The molecule has 0 bridgehead atoms. The Morgan fingerprint density at radius 2 is 2.07 bits per heavy atom. The van der Waals surface area contributed by atoms with E-state index in [1.54, 1.807) is 24.4 Å². The summed E-state index contributed by atoms with van der Waals surface area (Å²) in [6.07, 6.45) is 1.64. The van der Waals surface area contributed by atoms with Crippen LogP contribution in [0.3, 0.4) is 0 Å². The van der Waals surface area contributed by atoms with Gasteiger partial charge in [0.1, 0.15) is 0 Å². The number of benzene rings is 1. The molecule has 0 spiro atoms. The van der Waals surface area contributed by atoms with E-state index < -0.39 is 0 Å². The molecule has 2 rings (SSSR count). The summed E-state index contributed by atoms with van der Waals surface area (Å²) >= 11 is 16.4. The minimum absolute atomic E-state index is 0.496. The van der Waals surface area contributed by atoms with Crippen molar-refractivity contribution in [3.8, 4) is 0 Å². The molecule has 5 heteroatoms. The van der Waals surface area contributed by atoms with Crippen LogP contribution < -0.4 is 0 Å². The van der Waals surface area contributed by atoms with Crippen LogP contribution in [-0.4, -0.2) is 10.1 Å². The highest BCUT2D eigenvalue weighted by atomic mass is 35.5. The van der Waals surface area contributed by atoms with Crippen LogP contribution in [0.2, 0.25) is 10.0 Å². The van der Waals surface area contributed by atoms with Crippen molar-refractivity contribution < 1.29 is 0 Å². The molecule has 0 atom stereocenters. The number of pyridine rings is 1. The molecule has 0 radical (unpaired) electrons. The Bertz CT molecular complexity index is 577. The van der Waals surface area contributed by atoms with Crippen LogP contribution in [0.15, 0.2) is 29.4 Å². The van der Waals surface area contributed by atoms with Gasteiger partial charge in [0.15, 0.2) is 5.82 Å². The fraction of sp³-hybridized carbons (Fsp3) is 0. The average molecular weight is 255 g/mol. The van der Waals surface area contributed by atoms with Crippen molar-refractivity contribution in [2.75, 3.05) is 0 Å². The van der Waals surface area contributed by atoms with Crippen molar-refractivity contribution in [3.05, 3.63) is 34.4 Å². The van der Waals surface area contributed by atoms with Crippen molar-refractivity contribution in [1.29, 1.82) is 0 Å². The Morgan fingerprint density at radius 3 is 2.80 bits per heavy atom. The standard InChI is InChI=1S/C10H4Cl2N2S/c11-7-1-6-2-10(14-5-15)13-4-8(6)9(12)3-7/h1-4H. The minimum Gasteiger partial charge on any atom is -0.236 e. The lowest BCUT2D eigenvalue weighted by Crippen LogP contribution is -1.79. The molecule has 2 aromatic rings. The molecule has 0 aliphatic heterocycles. The normalized spacial score (nSPS) is 10.0. The Labute approximate surface area is 102 Å². The van der Waals surface area contributed by atoms with E-state index in [1.165, 1.54) is 0 Å². The highest BCUT2D eigenvalue weighted by Crippen LogP contribution is 2.28. The van der Waals surface area contributed by atoms with E-state index in [0.29, 0.717) is 15.9 Å². The summed E-state index contributed by atoms with van der Waals surface area (Å²) in [6.45, 7) is 0. The smallest absolute Gasteiger partial charge is 0.163 e. The first-order chi connectivity index (χ1) is 7.20. The predicted molar refractivity (Wildman–Crippen MR) is 66.4 cm³/mol. The first kappa shape index (κ1) is 10.5. The van der Waals surface area contributed by atoms with Gasteiger partial charge in [-0.25, -0.2) is 4.98 Å². The van der Waals surface area contributed by atoms with Gasteiger partial charge in [-0.05, 0) is 35.8 Å². The van der Waals surface area contributed by atoms with Gasteiger partial charge in [0.25, 0.3) is 0 Å². The average Bonchev–Trinajstić information content (AvgIpc) is 2.17. The first-order valence-corrected chi connectivity index (χ1v) is 5.20. The first-order valence-electron chi connectivity index (χ1n) is 4.03. The number of aliphatic imine (C=N–C) groups is 1. The highest BCUT2D eigenvalue weighted by molar-refractivity contribution is 7.78. The zero-order valence-electron chi connectivity index (χ0n) is 7.37. The monoisotopic (exact) mass is 254 g/mol. The predicted octanol–water partition coefficient (Wildman–Crippen LogP) is 4.28. The lowest BCUT2D eigenvalue weighted by molar-refractivity contribution is 1.31. The molecule has 0 saturated heterocycles. The van der Waals surface area contributed by atoms with Crippen molar-refractivity contribution >= 4 is 57.2 Å². The number of fused-ring (bicyclic) bond motifs is 1. The van der Waals surface area contributed by atoms with Gasteiger partial charge in [-0.1, -0.05) is 23.2 Å². The van der Waals surface area contributed by atoms with E-state index >= 15 is 0 Å². The lowest BCUT2D eigenvalue weighted by Gasteiger charge is -2.01. The Balaban J connectivity index is 2.76. The van der Waals surface area contributed by atoms with Crippen LogP contribution in [0.25, 0.3) is 10.8 Å². The molecular weight excluding hydrogens is 251 g/mol. The highest BCUT2D eigenvalue weighted by Gasteiger charge is 2.02. The van der Waals surface area contributed by atoms with Gasteiger partial charge in [0.2, 0.25) is 0 Å². The van der Waals surface area contributed by atoms with Gasteiger partial charge in [-0.2, -0.15) is 4.99 Å². The summed E-state index contributed by atoms with van der Waals surface area (Å²) in [6, 6.07) is 5.23. The lowest BCUT2D eigenvalue weighted by atomic mass is 10.2. The topological polar surface area (TPSA) is 25.2 Å². The van der Waals surface area contributed by atoms with Gasteiger partial charge in [0, 0.05) is 16.6 Å². The van der Waals surface area contributed by atoms with Crippen molar-refractivity contribution in [3.63, 3.8) is 0 Å². The van der Waals surface area contributed by atoms with Crippen LogP contribution >= 0.6 is 35.4 Å². The number of isothiocyanates is 1. The molecule has 0 saturated carbocycles. The fourth-order valence-electron chi connectivity index (χ4n) is 1.28. The van der Waals surface area contributed by atoms with E-state index in [9.17, 15) is 0 Å². The van der Waals surface area contributed by atoms with E-state index in [0.717, 1.165) is 10.8 Å². The molecule has 1 aromatic carbocycles. The molecule has 74 valence electrons. The SMILES string of the molecule is S=C=Nc1cc2cc(Cl)cc(Cl)c2cn1. The van der Waals surface area contributed by atoms with Gasteiger partial charge >= 0.3 is 0 Å². The van der Waals surface area contributed by atoms with Gasteiger partial charge in [0.05, 0.1) is 10.2 Å². The molecule has 0 amide bonds. The number of thiocarbonyl (C=S) groups is 1. The molecule has 0 fully saturated rings. The molecule has 2 nitrogen and oxygen atoms in total.